The van der Waals surface area contributed by atoms with Crippen molar-refractivity contribution >= 4 is 27.3 Å². The van der Waals surface area contributed by atoms with Crippen LogP contribution in [0.2, 0.25) is 0 Å². The Morgan fingerprint density at radius 1 is 1.06 bits per heavy atom. The van der Waals surface area contributed by atoms with Crippen LogP contribution in [0.4, 0.5) is 11.4 Å². The fraction of sp³-hybridized carbons (Fsp3) is 0.381. The molecule has 0 bridgehead atoms. The number of nitrogens with zero attached hydrogens (tertiary/aromatic N) is 3. The normalized spacial score (nSPS) is 15.1. The average Bonchev–Trinajstić information content (AvgIpc) is 2.82. The number of nitro benzene ring substituents is 1. The first kappa shape index (κ1) is 24.4. The number of nitro groups is 1. The molecule has 11 nitrogen and oxygen atoms in total. The summed E-state index contributed by atoms with van der Waals surface area (Å²) in [6.45, 7) is 1.80. The first-order valence-electron chi connectivity index (χ1n) is 10.2. The number of sulfonamides is 1. The van der Waals surface area contributed by atoms with Gasteiger partial charge in [-0.2, -0.15) is 4.31 Å². The van der Waals surface area contributed by atoms with Crippen molar-refractivity contribution in [2.45, 2.75) is 11.3 Å². The third kappa shape index (κ3) is 5.78. The van der Waals surface area contributed by atoms with Gasteiger partial charge in [-0.15, -0.1) is 0 Å². The van der Waals surface area contributed by atoms with E-state index < -0.39 is 20.6 Å². The fourth-order valence-electron chi connectivity index (χ4n) is 3.54. The first-order chi connectivity index (χ1) is 15.8. The van der Waals surface area contributed by atoms with Crippen molar-refractivity contribution in [2.24, 2.45) is 0 Å². The summed E-state index contributed by atoms with van der Waals surface area (Å²) in [5.41, 5.74) is 0.188. The van der Waals surface area contributed by atoms with Gasteiger partial charge < -0.3 is 19.7 Å². The van der Waals surface area contributed by atoms with Crippen molar-refractivity contribution in [3.05, 3.63) is 52.6 Å². The number of anilines is 1. The van der Waals surface area contributed by atoms with Crippen LogP contribution in [-0.4, -0.2) is 75.4 Å². The molecule has 178 valence electrons. The number of methoxy groups -OCH3 is 2. The number of carbonyl (C=O) groups is 1. The van der Waals surface area contributed by atoms with Crippen LogP contribution < -0.4 is 14.8 Å². The number of benzene rings is 2. The zero-order chi connectivity index (χ0) is 24.0. The Labute approximate surface area is 192 Å². The monoisotopic (exact) mass is 478 g/mol. The SMILES string of the molecule is COc1ccccc1NC(=O)CCN1CCN(S(=O)(=O)c2ccc(OC)c([N+](=O)[O-])c2)CC1. The van der Waals surface area contributed by atoms with E-state index in [9.17, 15) is 23.3 Å². The maximum Gasteiger partial charge on any atom is 0.312 e. The molecule has 1 aliphatic heterocycles. The fourth-order valence-corrected chi connectivity index (χ4v) is 4.98. The van der Waals surface area contributed by atoms with Gasteiger partial charge in [-0.3, -0.25) is 14.9 Å². The molecular weight excluding hydrogens is 452 g/mol. The van der Waals surface area contributed by atoms with Gasteiger partial charge in [-0.05, 0) is 24.3 Å². The molecule has 1 aliphatic rings. The van der Waals surface area contributed by atoms with E-state index in [2.05, 4.69) is 5.32 Å². The number of para-hydroxylation sites is 2. The number of amides is 1. The molecule has 2 aromatic carbocycles. The molecule has 0 unspecified atom stereocenters. The van der Waals surface area contributed by atoms with E-state index in [-0.39, 0.29) is 36.1 Å². The number of carbonyl (C=O) groups excluding carboxylic acids is 1. The van der Waals surface area contributed by atoms with Gasteiger partial charge in [0.25, 0.3) is 0 Å². The number of piperazine rings is 1. The lowest BCUT2D eigenvalue weighted by atomic mass is 10.2. The van der Waals surface area contributed by atoms with Gasteiger partial charge in [0, 0.05) is 45.2 Å². The van der Waals surface area contributed by atoms with E-state index in [1.165, 1.54) is 30.7 Å². The number of ether oxygens (including phenoxy) is 2. The average molecular weight is 479 g/mol. The molecule has 0 atom stereocenters. The molecule has 0 aromatic heterocycles. The summed E-state index contributed by atoms with van der Waals surface area (Å²) in [4.78, 5) is 24.7. The Kier molecular flexibility index (Phi) is 7.84. The molecule has 1 fully saturated rings. The van der Waals surface area contributed by atoms with Crippen LogP contribution in [-0.2, 0) is 14.8 Å². The number of nitrogens with one attached hydrogen (secondary N) is 1. The largest absolute Gasteiger partial charge is 0.495 e. The topological polar surface area (TPSA) is 131 Å². The molecule has 1 saturated heterocycles. The molecule has 0 aliphatic carbocycles. The van der Waals surface area contributed by atoms with Crippen molar-refractivity contribution in [2.75, 3.05) is 52.3 Å². The van der Waals surface area contributed by atoms with Crippen LogP contribution in [0.3, 0.4) is 0 Å². The Hall–Kier alpha value is -3.22. The minimum absolute atomic E-state index is 0.00447. The molecule has 0 spiro atoms. The third-order valence-electron chi connectivity index (χ3n) is 5.35. The highest BCUT2D eigenvalue weighted by Crippen LogP contribution is 2.31. The molecule has 1 heterocycles. The summed E-state index contributed by atoms with van der Waals surface area (Å²) < 4.78 is 37.4. The van der Waals surface area contributed by atoms with E-state index in [0.717, 1.165) is 6.07 Å². The predicted molar refractivity (Wildman–Crippen MR) is 121 cm³/mol. The second-order valence-corrected chi connectivity index (χ2v) is 9.27. The van der Waals surface area contributed by atoms with Gasteiger partial charge in [0.1, 0.15) is 5.75 Å². The Bertz CT molecular complexity index is 1120. The second kappa shape index (κ2) is 10.6. The summed E-state index contributed by atoms with van der Waals surface area (Å²) in [5.74, 6) is 0.402. The first-order valence-corrected chi connectivity index (χ1v) is 11.7. The van der Waals surface area contributed by atoms with Crippen LogP contribution in [0.5, 0.6) is 11.5 Å². The molecular formula is C21H26N4O7S. The number of rotatable bonds is 9. The molecule has 3 rings (SSSR count). The maximum absolute atomic E-state index is 13.0. The smallest absolute Gasteiger partial charge is 0.312 e. The number of hydrogen-bond acceptors (Lipinski definition) is 8. The van der Waals surface area contributed by atoms with Crippen molar-refractivity contribution < 1.29 is 27.6 Å². The lowest BCUT2D eigenvalue weighted by Crippen LogP contribution is -2.49. The summed E-state index contributed by atoms with van der Waals surface area (Å²) in [6.07, 6.45) is 0.246. The molecule has 0 radical (unpaired) electrons. The van der Waals surface area contributed by atoms with Gasteiger partial charge in [0.2, 0.25) is 15.9 Å². The minimum atomic E-state index is -3.89. The van der Waals surface area contributed by atoms with Gasteiger partial charge in [-0.25, -0.2) is 8.42 Å². The van der Waals surface area contributed by atoms with E-state index >= 15 is 0 Å². The van der Waals surface area contributed by atoms with Crippen LogP contribution >= 0.6 is 0 Å². The van der Waals surface area contributed by atoms with Crippen LogP contribution in [0.25, 0.3) is 0 Å². The predicted octanol–water partition coefficient (Wildman–Crippen LogP) is 1.95. The van der Waals surface area contributed by atoms with Crippen LogP contribution in [0.1, 0.15) is 6.42 Å². The molecule has 1 N–H and O–H groups in total. The molecule has 33 heavy (non-hydrogen) atoms. The zero-order valence-corrected chi connectivity index (χ0v) is 19.2. The van der Waals surface area contributed by atoms with E-state index in [4.69, 9.17) is 9.47 Å². The minimum Gasteiger partial charge on any atom is -0.495 e. The van der Waals surface area contributed by atoms with Crippen molar-refractivity contribution in [3.63, 3.8) is 0 Å². The lowest BCUT2D eigenvalue weighted by Gasteiger charge is -2.33. The van der Waals surface area contributed by atoms with Crippen LogP contribution in [0.15, 0.2) is 47.4 Å². The van der Waals surface area contributed by atoms with Gasteiger partial charge in [-0.1, -0.05) is 12.1 Å². The van der Waals surface area contributed by atoms with Gasteiger partial charge in [0.05, 0.1) is 29.7 Å². The summed E-state index contributed by atoms with van der Waals surface area (Å²) in [5, 5.41) is 14.0. The Balaban J connectivity index is 1.55. The Morgan fingerprint density at radius 2 is 1.73 bits per heavy atom. The lowest BCUT2D eigenvalue weighted by molar-refractivity contribution is -0.386. The van der Waals surface area contributed by atoms with Crippen molar-refractivity contribution in [1.29, 1.82) is 0 Å². The third-order valence-corrected chi connectivity index (χ3v) is 7.25. The zero-order valence-electron chi connectivity index (χ0n) is 18.4. The number of hydrogen-bond donors (Lipinski definition) is 1. The quantitative estimate of drug-likeness (QED) is 0.427. The highest BCUT2D eigenvalue weighted by Gasteiger charge is 2.30. The molecule has 1 amide bonds. The molecule has 2 aromatic rings. The van der Waals surface area contributed by atoms with Gasteiger partial charge in [0.15, 0.2) is 5.75 Å². The highest BCUT2D eigenvalue weighted by molar-refractivity contribution is 7.89. The van der Waals surface area contributed by atoms with Crippen molar-refractivity contribution in [3.8, 4) is 11.5 Å². The van der Waals surface area contributed by atoms with Crippen LogP contribution in [0, 0.1) is 10.1 Å². The highest BCUT2D eigenvalue weighted by atomic mass is 32.2. The van der Waals surface area contributed by atoms with E-state index in [0.29, 0.717) is 31.1 Å². The second-order valence-electron chi connectivity index (χ2n) is 7.33. The molecule has 0 saturated carbocycles. The Morgan fingerprint density at radius 3 is 2.36 bits per heavy atom. The van der Waals surface area contributed by atoms with Gasteiger partial charge >= 0.3 is 5.69 Å². The van der Waals surface area contributed by atoms with Crippen molar-refractivity contribution in [1.82, 2.24) is 9.21 Å². The summed E-state index contributed by atoms with van der Waals surface area (Å²) in [6, 6.07) is 10.7. The maximum atomic E-state index is 13.0. The van der Waals surface area contributed by atoms with E-state index in [1.54, 1.807) is 18.2 Å². The summed E-state index contributed by atoms with van der Waals surface area (Å²) in [7, 11) is -1.08. The summed E-state index contributed by atoms with van der Waals surface area (Å²) >= 11 is 0. The standard InChI is InChI=1S/C21H26N4O7S/c1-31-19-6-4-3-5-17(19)22-21(26)9-10-23-11-13-24(14-12-23)33(29,30)16-7-8-20(32-2)18(15-16)25(27)28/h3-8,15H,9-14H2,1-2H3,(H,22,26). The van der Waals surface area contributed by atoms with E-state index in [1.807, 2.05) is 11.0 Å². The molecule has 12 heteroatoms.